The third kappa shape index (κ3) is 3.67. The molecule has 0 saturated carbocycles. The number of carbonyl (C=O) groups excluding carboxylic acids is 1. The summed E-state index contributed by atoms with van der Waals surface area (Å²) in [5.74, 6) is -2.68. The van der Waals surface area contributed by atoms with Gasteiger partial charge in [-0.3, -0.25) is 9.59 Å². The molecule has 0 aromatic carbocycles. The zero-order valence-corrected chi connectivity index (χ0v) is 11.3. The van der Waals surface area contributed by atoms with Gasteiger partial charge in [0.2, 0.25) is 5.91 Å². The van der Waals surface area contributed by atoms with Crippen LogP contribution < -0.4 is 0 Å². The van der Waals surface area contributed by atoms with E-state index in [1.165, 1.54) is 4.90 Å². The van der Waals surface area contributed by atoms with Crippen LogP contribution in [0.2, 0.25) is 0 Å². The number of sulfone groups is 1. The van der Waals surface area contributed by atoms with Crippen molar-refractivity contribution in [3.8, 4) is 0 Å². The van der Waals surface area contributed by atoms with E-state index in [0.717, 1.165) is 6.92 Å². The van der Waals surface area contributed by atoms with Crippen LogP contribution in [0.5, 0.6) is 0 Å². The lowest BCUT2D eigenvalue weighted by Gasteiger charge is -2.32. The molecule has 0 aromatic heterocycles. The fraction of sp³-hybridized carbons (Fsp3) is 0.800. The van der Waals surface area contributed by atoms with Crippen LogP contribution in [-0.4, -0.2) is 79.4 Å². The number of carbonyl (C=O) groups is 2. The maximum atomic E-state index is 11.8. The molecule has 0 spiro atoms. The fourth-order valence-corrected chi connectivity index (χ4v) is 2.68. The molecule has 1 unspecified atom stereocenters. The summed E-state index contributed by atoms with van der Waals surface area (Å²) in [5, 5.41) is 7.12. The lowest BCUT2D eigenvalue weighted by molar-refractivity contribution is -0.136. The zero-order valence-electron chi connectivity index (χ0n) is 10.5. The number of carboxylic acid groups (broad SMARTS) is 1. The molecule has 1 atom stereocenters. The number of nitrogens with zero attached hydrogens (tertiary/aromatic N) is 2. The quantitative estimate of drug-likeness (QED) is 0.683. The lowest BCUT2D eigenvalue weighted by Crippen LogP contribution is -2.49. The number of piperazine rings is 1. The first kappa shape index (κ1) is 14.9. The first-order valence-electron chi connectivity index (χ1n) is 5.64. The first-order chi connectivity index (χ1) is 8.24. The molecule has 104 valence electrons. The van der Waals surface area contributed by atoms with Gasteiger partial charge in [0, 0.05) is 26.2 Å². The molecule has 1 aliphatic rings. The van der Waals surface area contributed by atoms with Gasteiger partial charge in [-0.1, -0.05) is 0 Å². The Morgan fingerprint density at radius 3 is 2.17 bits per heavy atom. The molecular formula is C10H18N2O5S. The van der Waals surface area contributed by atoms with Crippen molar-refractivity contribution in [2.24, 2.45) is 0 Å². The van der Waals surface area contributed by atoms with Crippen LogP contribution in [0.3, 0.4) is 0 Å². The average Bonchev–Trinajstić information content (AvgIpc) is 2.28. The van der Waals surface area contributed by atoms with Gasteiger partial charge in [-0.2, -0.15) is 0 Å². The second-order valence-corrected chi connectivity index (χ2v) is 6.79. The minimum absolute atomic E-state index is 0.478. The van der Waals surface area contributed by atoms with Crippen molar-refractivity contribution < 1.29 is 23.1 Å². The largest absolute Gasteiger partial charge is 0.480 e. The second-order valence-electron chi connectivity index (χ2n) is 4.47. The fourth-order valence-electron chi connectivity index (χ4n) is 1.60. The van der Waals surface area contributed by atoms with Crippen LogP contribution >= 0.6 is 0 Å². The Bertz CT molecular complexity index is 426. The Morgan fingerprint density at radius 2 is 1.72 bits per heavy atom. The minimum atomic E-state index is -3.93. The Labute approximate surface area is 106 Å². The molecule has 1 aliphatic heterocycles. The van der Waals surface area contributed by atoms with Gasteiger partial charge >= 0.3 is 5.97 Å². The third-order valence-corrected chi connectivity index (χ3v) is 5.00. The van der Waals surface area contributed by atoms with Crippen LogP contribution in [0.1, 0.15) is 6.92 Å². The van der Waals surface area contributed by atoms with Crippen molar-refractivity contribution in [2.45, 2.75) is 12.2 Å². The van der Waals surface area contributed by atoms with Crippen molar-refractivity contribution in [3.63, 3.8) is 0 Å². The van der Waals surface area contributed by atoms with E-state index in [9.17, 15) is 18.0 Å². The van der Waals surface area contributed by atoms with Crippen molar-refractivity contribution >= 4 is 21.7 Å². The summed E-state index contributed by atoms with van der Waals surface area (Å²) in [4.78, 5) is 25.9. The predicted octanol–water partition coefficient (Wildman–Crippen LogP) is -1.35. The van der Waals surface area contributed by atoms with Gasteiger partial charge in [0.05, 0.1) is 0 Å². The van der Waals surface area contributed by atoms with Crippen LogP contribution in [0.25, 0.3) is 0 Å². The molecule has 1 fully saturated rings. The molecule has 1 heterocycles. The van der Waals surface area contributed by atoms with Crippen LogP contribution in [0.15, 0.2) is 0 Å². The Balaban J connectivity index is 2.62. The summed E-state index contributed by atoms with van der Waals surface area (Å²) in [7, 11) is -2.00. The van der Waals surface area contributed by atoms with Gasteiger partial charge in [0.25, 0.3) is 0 Å². The van der Waals surface area contributed by atoms with Gasteiger partial charge in [0.1, 0.15) is 5.75 Å². The summed E-state index contributed by atoms with van der Waals surface area (Å²) >= 11 is 0. The summed E-state index contributed by atoms with van der Waals surface area (Å²) in [5.41, 5.74) is 0. The molecule has 8 heteroatoms. The summed E-state index contributed by atoms with van der Waals surface area (Å²) in [6, 6.07) is 0. The van der Waals surface area contributed by atoms with Crippen LogP contribution in [-0.2, 0) is 19.4 Å². The molecule has 1 saturated heterocycles. The monoisotopic (exact) mass is 278 g/mol. The second kappa shape index (κ2) is 5.66. The molecule has 18 heavy (non-hydrogen) atoms. The SMILES string of the molecule is CC(C(=O)O)S(=O)(=O)CC(=O)N1CCN(C)CC1. The molecule has 0 aromatic rings. The maximum absolute atomic E-state index is 11.8. The Kier molecular flexibility index (Phi) is 4.69. The van der Waals surface area contributed by atoms with E-state index in [0.29, 0.717) is 26.2 Å². The van der Waals surface area contributed by atoms with Gasteiger partial charge in [0.15, 0.2) is 15.1 Å². The van der Waals surface area contributed by atoms with Crippen molar-refractivity contribution in [1.82, 2.24) is 9.80 Å². The molecule has 1 N–H and O–H groups in total. The van der Waals surface area contributed by atoms with E-state index in [1.807, 2.05) is 11.9 Å². The highest BCUT2D eigenvalue weighted by Gasteiger charge is 2.32. The molecule has 1 rings (SSSR count). The maximum Gasteiger partial charge on any atom is 0.321 e. The summed E-state index contributed by atoms with van der Waals surface area (Å²) in [6.07, 6.45) is 0. The summed E-state index contributed by atoms with van der Waals surface area (Å²) < 4.78 is 23.3. The highest BCUT2D eigenvalue weighted by atomic mass is 32.2. The molecule has 1 amide bonds. The number of carboxylic acids is 1. The van der Waals surface area contributed by atoms with E-state index < -0.39 is 32.7 Å². The van der Waals surface area contributed by atoms with E-state index in [4.69, 9.17) is 5.11 Å². The minimum Gasteiger partial charge on any atom is -0.480 e. The predicted molar refractivity (Wildman–Crippen MR) is 65.0 cm³/mol. The number of likely N-dealkylation sites (N-methyl/N-ethyl adjacent to an activating group) is 1. The van der Waals surface area contributed by atoms with Gasteiger partial charge in [-0.15, -0.1) is 0 Å². The number of amides is 1. The van der Waals surface area contributed by atoms with Gasteiger partial charge in [-0.05, 0) is 14.0 Å². The molecular weight excluding hydrogens is 260 g/mol. The van der Waals surface area contributed by atoms with Crippen molar-refractivity contribution in [2.75, 3.05) is 39.0 Å². The summed E-state index contributed by atoms with van der Waals surface area (Å²) in [6.45, 7) is 3.42. The third-order valence-electron chi connectivity index (χ3n) is 3.07. The Morgan fingerprint density at radius 1 is 1.22 bits per heavy atom. The zero-order chi connectivity index (χ0) is 13.9. The highest BCUT2D eigenvalue weighted by Crippen LogP contribution is 2.06. The van der Waals surface area contributed by atoms with Gasteiger partial charge < -0.3 is 14.9 Å². The first-order valence-corrected chi connectivity index (χ1v) is 7.36. The van der Waals surface area contributed by atoms with E-state index in [1.54, 1.807) is 0 Å². The normalized spacial score (nSPS) is 19.6. The van der Waals surface area contributed by atoms with E-state index in [-0.39, 0.29) is 0 Å². The number of hydrogen-bond donors (Lipinski definition) is 1. The lowest BCUT2D eigenvalue weighted by atomic mass is 10.3. The average molecular weight is 278 g/mol. The van der Waals surface area contributed by atoms with Crippen LogP contribution in [0.4, 0.5) is 0 Å². The molecule has 0 aliphatic carbocycles. The molecule has 0 bridgehead atoms. The molecule has 0 radical (unpaired) electrons. The highest BCUT2D eigenvalue weighted by molar-refractivity contribution is 7.93. The number of hydrogen-bond acceptors (Lipinski definition) is 5. The van der Waals surface area contributed by atoms with Crippen LogP contribution in [0, 0.1) is 0 Å². The number of rotatable bonds is 4. The molecule has 7 nitrogen and oxygen atoms in total. The smallest absolute Gasteiger partial charge is 0.321 e. The Hall–Kier alpha value is -1.15. The van der Waals surface area contributed by atoms with Crippen molar-refractivity contribution in [3.05, 3.63) is 0 Å². The van der Waals surface area contributed by atoms with Gasteiger partial charge in [-0.25, -0.2) is 8.42 Å². The van der Waals surface area contributed by atoms with E-state index in [2.05, 4.69) is 0 Å². The van der Waals surface area contributed by atoms with Crippen molar-refractivity contribution in [1.29, 1.82) is 0 Å². The standard InChI is InChI=1S/C10H18N2O5S/c1-8(10(14)15)18(16,17)7-9(13)12-5-3-11(2)4-6-12/h8H,3-7H2,1-2H3,(H,14,15). The number of aliphatic carboxylic acids is 1. The topological polar surface area (TPSA) is 95.0 Å². The van der Waals surface area contributed by atoms with E-state index >= 15 is 0 Å².